The first kappa shape index (κ1) is 15.8. The first-order valence-electron chi connectivity index (χ1n) is 8.46. The number of aromatic nitrogens is 3. The zero-order valence-corrected chi connectivity index (χ0v) is 14.7. The van der Waals surface area contributed by atoms with Crippen LogP contribution >= 0.6 is 11.3 Å². The number of fused-ring (bicyclic) bond motifs is 1. The van der Waals surface area contributed by atoms with Crippen LogP contribution in [0.2, 0.25) is 0 Å². The lowest BCUT2D eigenvalue weighted by Gasteiger charge is -2.49. The van der Waals surface area contributed by atoms with Gasteiger partial charge in [-0.1, -0.05) is 17.4 Å². The normalized spacial score (nSPS) is 26.9. The highest BCUT2D eigenvalue weighted by Crippen LogP contribution is 2.42. The third-order valence-electron chi connectivity index (χ3n) is 4.92. The van der Waals surface area contributed by atoms with Gasteiger partial charge < -0.3 is 14.4 Å². The first-order chi connectivity index (χ1) is 11.8. The predicted molar refractivity (Wildman–Crippen MR) is 92.6 cm³/mol. The molecule has 24 heavy (non-hydrogen) atoms. The van der Waals surface area contributed by atoms with Crippen molar-refractivity contribution in [3.63, 3.8) is 0 Å². The lowest BCUT2D eigenvalue weighted by molar-refractivity contribution is -0.110. The van der Waals surface area contributed by atoms with Crippen molar-refractivity contribution in [2.45, 2.75) is 32.3 Å². The summed E-state index contributed by atoms with van der Waals surface area (Å²) < 4.78 is 12.1. The fraction of sp³-hybridized carbons (Fsp3) is 0.588. The van der Waals surface area contributed by atoms with Gasteiger partial charge in [0.25, 0.3) is 0 Å². The Balaban J connectivity index is 1.53. The van der Waals surface area contributed by atoms with Gasteiger partial charge in [0.15, 0.2) is 0 Å². The molecule has 4 rings (SSSR count). The highest BCUT2D eigenvalue weighted by Gasteiger charge is 2.47. The summed E-state index contributed by atoms with van der Waals surface area (Å²) in [5.41, 5.74) is -0.00635. The standard InChI is InChI=1S/C17H22N4O2S/c1-13-19-20-16(24-13)21-9-6-14-17(11-21,7-4-10-22-14)12-23-15-5-2-3-8-18-15/h2-3,5,8,14H,4,6-7,9-12H2,1H3/t14-,17-/m0/s1. The van der Waals surface area contributed by atoms with Gasteiger partial charge >= 0.3 is 0 Å². The maximum atomic E-state index is 6.10. The second-order valence-corrected chi connectivity index (χ2v) is 7.76. The van der Waals surface area contributed by atoms with Gasteiger partial charge in [-0.2, -0.15) is 0 Å². The van der Waals surface area contributed by atoms with Crippen molar-refractivity contribution in [2.24, 2.45) is 5.41 Å². The molecule has 2 aliphatic rings. The summed E-state index contributed by atoms with van der Waals surface area (Å²) in [5, 5.41) is 10.5. The van der Waals surface area contributed by atoms with E-state index >= 15 is 0 Å². The molecule has 128 valence electrons. The van der Waals surface area contributed by atoms with Gasteiger partial charge in [-0.15, -0.1) is 10.2 Å². The average molecular weight is 346 g/mol. The van der Waals surface area contributed by atoms with Crippen LogP contribution in [-0.4, -0.2) is 47.6 Å². The molecule has 2 aliphatic heterocycles. The largest absolute Gasteiger partial charge is 0.477 e. The van der Waals surface area contributed by atoms with E-state index in [0.29, 0.717) is 12.5 Å². The van der Waals surface area contributed by atoms with E-state index in [0.717, 1.165) is 49.1 Å². The minimum absolute atomic E-state index is 0.00635. The zero-order valence-electron chi connectivity index (χ0n) is 13.9. The van der Waals surface area contributed by atoms with Crippen LogP contribution in [0.1, 0.15) is 24.3 Å². The Labute approximate surface area is 145 Å². The van der Waals surface area contributed by atoms with Crippen LogP contribution in [0.4, 0.5) is 5.13 Å². The van der Waals surface area contributed by atoms with Gasteiger partial charge in [0.1, 0.15) is 5.01 Å². The van der Waals surface area contributed by atoms with Gasteiger partial charge in [-0.3, -0.25) is 0 Å². The van der Waals surface area contributed by atoms with E-state index in [2.05, 4.69) is 20.1 Å². The van der Waals surface area contributed by atoms with Gasteiger partial charge in [0, 0.05) is 37.4 Å². The van der Waals surface area contributed by atoms with E-state index in [9.17, 15) is 0 Å². The maximum Gasteiger partial charge on any atom is 0.213 e. The molecule has 0 spiro atoms. The molecule has 0 N–H and O–H groups in total. The Kier molecular flexibility index (Phi) is 4.37. The Hall–Kier alpha value is -1.73. The third kappa shape index (κ3) is 3.10. The fourth-order valence-electron chi connectivity index (χ4n) is 3.73. The van der Waals surface area contributed by atoms with Gasteiger partial charge in [-0.05, 0) is 32.3 Å². The topological polar surface area (TPSA) is 60.4 Å². The van der Waals surface area contributed by atoms with Crippen LogP contribution in [0.15, 0.2) is 24.4 Å². The summed E-state index contributed by atoms with van der Waals surface area (Å²) in [7, 11) is 0. The summed E-state index contributed by atoms with van der Waals surface area (Å²) in [5.74, 6) is 0.681. The molecule has 0 saturated carbocycles. The molecule has 0 aliphatic carbocycles. The van der Waals surface area contributed by atoms with Crippen LogP contribution < -0.4 is 9.64 Å². The molecule has 0 bridgehead atoms. The van der Waals surface area contributed by atoms with Crippen LogP contribution in [0, 0.1) is 12.3 Å². The quantitative estimate of drug-likeness (QED) is 0.848. The molecule has 2 saturated heterocycles. The summed E-state index contributed by atoms with van der Waals surface area (Å²) in [6.07, 6.45) is 5.20. The van der Waals surface area contributed by atoms with E-state index in [1.54, 1.807) is 17.5 Å². The van der Waals surface area contributed by atoms with E-state index in [1.807, 2.05) is 25.1 Å². The molecule has 4 heterocycles. The number of hydrogen-bond acceptors (Lipinski definition) is 7. The Bertz CT molecular complexity index is 680. The predicted octanol–water partition coefficient (Wildman–Crippen LogP) is 2.70. The fourth-order valence-corrected chi connectivity index (χ4v) is 4.44. The number of anilines is 1. The van der Waals surface area contributed by atoms with Crippen molar-refractivity contribution >= 4 is 16.5 Å². The van der Waals surface area contributed by atoms with Crippen molar-refractivity contribution in [3.8, 4) is 5.88 Å². The smallest absolute Gasteiger partial charge is 0.213 e. The second kappa shape index (κ2) is 6.64. The van der Waals surface area contributed by atoms with Crippen molar-refractivity contribution in [1.29, 1.82) is 0 Å². The molecular weight excluding hydrogens is 324 g/mol. The zero-order chi connectivity index (χ0) is 16.4. The summed E-state index contributed by atoms with van der Waals surface area (Å²) in [6.45, 7) is 5.35. The van der Waals surface area contributed by atoms with Gasteiger partial charge in [0.05, 0.1) is 12.7 Å². The summed E-state index contributed by atoms with van der Waals surface area (Å²) >= 11 is 1.66. The first-order valence-corrected chi connectivity index (χ1v) is 9.27. The number of rotatable bonds is 4. The molecular formula is C17H22N4O2S. The van der Waals surface area contributed by atoms with Gasteiger partial charge in [0.2, 0.25) is 11.0 Å². The van der Waals surface area contributed by atoms with Crippen molar-refractivity contribution in [2.75, 3.05) is 31.2 Å². The van der Waals surface area contributed by atoms with E-state index in [1.165, 1.54) is 0 Å². The molecule has 0 aromatic carbocycles. The number of pyridine rings is 1. The molecule has 7 heteroatoms. The minimum atomic E-state index is -0.00635. The van der Waals surface area contributed by atoms with Crippen LogP contribution in [0.3, 0.4) is 0 Å². The van der Waals surface area contributed by atoms with Crippen molar-refractivity contribution < 1.29 is 9.47 Å². The molecule has 0 unspecified atom stereocenters. The minimum Gasteiger partial charge on any atom is -0.477 e. The summed E-state index contributed by atoms with van der Waals surface area (Å²) in [6, 6.07) is 5.76. The molecule has 2 atom stereocenters. The van der Waals surface area contributed by atoms with Crippen LogP contribution in [0.25, 0.3) is 0 Å². The van der Waals surface area contributed by atoms with Crippen LogP contribution in [-0.2, 0) is 4.74 Å². The molecule has 2 aromatic heterocycles. The van der Waals surface area contributed by atoms with E-state index in [4.69, 9.17) is 9.47 Å². The molecule has 0 amide bonds. The number of ether oxygens (including phenoxy) is 2. The van der Waals surface area contributed by atoms with E-state index < -0.39 is 0 Å². The third-order valence-corrected chi connectivity index (χ3v) is 5.82. The number of hydrogen-bond donors (Lipinski definition) is 0. The lowest BCUT2D eigenvalue weighted by atomic mass is 9.73. The Morgan fingerprint density at radius 3 is 3.17 bits per heavy atom. The lowest BCUT2D eigenvalue weighted by Crippen LogP contribution is -2.57. The van der Waals surface area contributed by atoms with Crippen molar-refractivity contribution in [3.05, 3.63) is 29.4 Å². The Morgan fingerprint density at radius 1 is 1.42 bits per heavy atom. The number of aryl methyl sites for hydroxylation is 1. The van der Waals surface area contributed by atoms with Gasteiger partial charge in [-0.25, -0.2) is 4.98 Å². The maximum absolute atomic E-state index is 6.10. The SMILES string of the molecule is Cc1nnc(N2CC[C@@H]3OCCC[C@@]3(COc3ccccn3)C2)s1. The summed E-state index contributed by atoms with van der Waals surface area (Å²) in [4.78, 5) is 6.63. The second-order valence-electron chi connectivity index (χ2n) is 6.60. The molecule has 2 fully saturated rings. The monoisotopic (exact) mass is 346 g/mol. The average Bonchev–Trinajstić information content (AvgIpc) is 3.07. The Morgan fingerprint density at radius 2 is 2.38 bits per heavy atom. The van der Waals surface area contributed by atoms with Crippen LogP contribution in [0.5, 0.6) is 5.88 Å². The number of piperidine rings is 1. The number of nitrogens with zero attached hydrogens (tertiary/aromatic N) is 4. The molecule has 2 aromatic rings. The molecule has 0 radical (unpaired) electrons. The van der Waals surface area contributed by atoms with E-state index in [-0.39, 0.29) is 11.5 Å². The van der Waals surface area contributed by atoms with Crippen molar-refractivity contribution in [1.82, 2.24) is 15.2 Å². The highest BCUT2D eigenvalue weighted by atomic mass is 32.1. The highest BCUT2D eigenvalue weighted by molar-refractivity contribution is 7.15. The molecule has 6 nitrogen and oxygen atoms in total.